The van der Waals surface area contributed by atoms with Crippen molar-refractivity contribution in [3.63, 3.8) is 0 Å². The molecule has 100 valence electrons. The molecule has 0 aliphatic rings. The summed E-state index contributed by atoms with van der Waals surface area (Å²) in [6.07, 6.45) is 1.51. The fourth-order valence-electron chi connectivity index (χ4n) is 1.76. The van der Waals surface area contributed by atoms with Gasteiger partial charge in [0.05, 0.1) is 6.04 Å². The van der Waals surface area contributed by atoms with Crippen LogP contribution in [0.1, 0.15) is 25.8 Å². The van der Waals surface area contributed by atoms with Crippen LogP contribution in [0.15, 0.2) is 24.3 Å². The maximum Gasteiger partial charge on any atom is 0.236 e. The number of hydrogen-bond donors (Lipinski definition) is 3. The quantitative estimate of drug-likeness (QED) is 0.665. The Balaban J connectivity index is 2.29. The van der Waals surface area contributed by atoms with E-state index in [1.807, 2.05) is 24.3 Å². The lowest BCUT2D eigenvalue weighted by Gasteiger charge is -2.14. The number of hydrogen-bond acceptors (Lipinski definition) is 3. The molecule has 0 unspecified atom stereocenters. The molecular formula is C14H23N3O. The fourth-order valence-corrected chi connectivity index (χ4v) is 1.76. The van der Waals surface area contributed by atoms with E-state index in [1.165, 1.54) is 0 Å². The molecule has 1 amide bonds. The van der Waals surface area contributed by atoms with Crippen LogP contribution in [0, 0.1) is 5.92 Å². The van der Waals surface area contributed by atoms with Crippen LogP contribution in [0.3, 0.4) is 0 Å². The SMILES string of the molecule is CC(C)C[C@H](N)C(=O)NCCc1ccc(N)cc1. The Morgan fingerprint density at radius 1 is 1.28 bits per heavy atom. The maximum atomic E-state index is 11.7. The summed E-state index contributed by atoms with van der Waals surface area (Å²) >= 11 is 0. The molecule has 1 aromatic carbocycles. The van der Waals surface area contributed by atoms with E-state index < -0.39 is 6.04 Å². The molecule has 5 N–H and O–H groups in total. The number of benzene rings is 1. The maximum absolute atomic E-state index is 11.7. The van der Waals surface area contributed by atoms with Gasteiger partial charge in [-0.2, -0.15) is 0 Å². The Morgan fingerprint density at radius 2 is 1.89 bits per heavy atom. The molecule has 1 aromatic rings. The number of nitrogens with two attached hydrogens (primary N) is 2. The molecular weight excluding hydrogens is 226 g/mol. The van der Waals surface area contributed by atoms with E-state index in [4.69, 9.17) is 11.5 Å². The Kier molecular flexibility index (Phi) is 5.65. The van der Waals surface area contributed by atoms with Gasteiger partial charge in [-0.25, -0.2) is 0 Å². The molecule has 0 heterocycles. The first-order valence-corrected chi connectivity index (χ1v) is 6.36. The molecule has 1 atom stereocenters. The summed E-state index contributed by atoms with van der Waals surface area (Å²) in [6, 6.07) is 7.25. The molecule has 0 aliphatic heterocycles. The molecule has 0 saturated heterocycles. The van der Waals surface area contributed by atoms with Gasteiger partial charge >= 0.3 is 0 Å². The van der Waals surface area contributed by atoms with Gasteiger partial charge in [-0.05, 0) is 36.5 Å². The van der Waals surface area contributed by atoms with Crippen LogP contribution >= 0.6 is 0 Å². The number of rotatable bonds is 6. The van der Waals surface area contributed by atoms with Gasteiger partial charge in [-0.15, -0.1) is 0 Å². The van der Waals surface area contributed by atoms with Crippen molar-refractivity contribution in [3.8, 4) is 0 Å². The summed E-state index contributed by atoms with van der Waals surface area (Å²) in [4.78, 5) is 11.7. The molecule has 1 rings (SSSR count). The first kappa shape index (κ1) is 14.5. The Hall–Kier alpha value is -1.55. The summed E-state index contributed by atoms with van der Waals surface area (Å²) in [6.45, 7) is 4.72. The van der Waals surface area contributed by atoms with Gasteiger partial charge < -0.3 is 16.8 Å². The van der Waals surface area contributed by atoms with Crippen LogP contribution < -0.4 is 16.8 Å². The van der Waals surface area contributed by atoms with Crippen LogP contribution in [0.5, 0.6) is 0 Å². The third-order valence-corrected chi connectivity index (χ3v) is 2.75. The number of nitrogens with one attached hydrogen (secondary N) is 1. The molecule has 0 aliphatic carbocycles. The van der Waals surface area contributed by atoms with Crippen LogP contribution in [-0.4, -0.2) is 18.5 Å². The van der Waals surface area contributed by atoms with Crippen molar-refractivity contribution in [1.82, 2.24) is 5.32 Å². The molecule has 18 heavy (non-hydrogen) atoms. The topological polar surface area (TPSA) is 81.1 Å². The number of amides is 1. The summed E-state index contributed by atoms with van der Waals surface area (Å²) in [5.41, 5.74) is 13.3. The molecule has 0 bridgehead atoms. The molecule has 4 heteroatoms. The summed E-state index contributed by atoms with van der Waals surface area (Å²) in [5.74, 6) is 0.363. The highest BCUT2D eigenvalue weighted by Gasteiger charge is 2.13. The largest absolute Gasteiger partial charge is 0.399 e. The van der Waals surface area contributed by atoms with Crippen LogP contribution in [0.2, 0.25) is 0 Å². The highest BCUT2D eigenvalue weighted by molar-refractivity contribution is 5.81. The predicted octanol–water partition coefficient (Wildman–Crippen LogP) is 1.30. The minimum Gasteiger partial charge on any atom is -0.399 e. The summed E-state index contributed by atoms with van der Waals surface area (Å²) in [7, 11) is 0. The molecule has 0 aromatic heterocycles. The van der Waals surface area contributed by atoms with E-state index in [1.54, 1.807) is 0 Å². The van der Waals surface area contributed by atoms with Crippen molar-refractivity contribution in [1.29, 1.82) is 0 Å². The lowest BCUT2D eigenvalue weighted by Crippen LogP contribution is -2.42. The van der Waals surface area contributed by atoms with Gasteiger partial charge in [0.1, 0.15) is 0 Å². The Bertz CT molecular complexity index is 373. The van der Waals surface area contributed by atoms with Crippen molar-refractivity contribution < 1.29 is 4.79 Å². The molecule has 0 spiro atoms. The first-order chi connectivity index (χ1) is 8.49. The van der Waals surface area contributed by atoms with Gasteiger partial charge in [0.2, 0.25) is 5.91 Å². The number of carbonyl (C=O) groups is 1. The number of nitrogen functional groups attached to an aromatic ring is 1. The van der Waals surface area contributed by atoms with Crippen molar-refractivity contribution in [2.45, 2.75) is 32.7 Å². The first-order valence-electron chi connectivity index (χ1n) is 6.36. The number of carbonyl (C=O) groups excluding carboxylic acids is 1. The Morgan fingerprint density at radius 3 is 2.44 bits per heavy atom. The standard InChI is InChI=1S/C14H23N3O/c1-10(2)9-13(16)14(18)17-8-7-11-3-5-12(15)6-4-11/h3-6,10,13H,7-9,15-16H2,1-2H3,(H,17,18)/t13-/m0/s1. The van der Waals surface area contributed by atoms with Gasteiger partial charge in [-0.1, -0.05) is 26.0 Å². The second-order valence-electron chi connectivity index (χ2n) is 5.02. The van der Waals surface area contributed by atoms with E-state index in [2.05, 4.69) is 19.2 Å². The molecule has 0 saturated carbocycles. The van der Waals surface area contributed by atoms with E-state index in [9.17, 15) is 4.79 Å². The van der Waals surface area contributed by atoms with Gasteiger partial charge in [-0.3, -0.25) is 4.79 Å². The van der Waals surface area contributed by atoms with Gasteiger partial charge in [0.15, 0.2) is 0 Å². The predicted molar refractivity (Wildman–Crippen MR) is 75.0 cm³/mol. The highest BCUT2D eigenvalue weighted by Crippen LogP contribution is 2.06. The highest BCUT2D eigenvalue weighted by atomic mass is 16.2. The molecule has 0 radical (unpaired) electrons. The lowest BCUT2D eigenvalue weighted by molar-refractivity contribution is -0.122. The smallest absolute Gasteiger partial charge is 0.236 e. The van der Waals surface area contributed by atoms with E-state index in [-0.39, 0.29) is 5.91 Å². The van der Waals surface area contributed by atoms with Crippen molar-refractivity contribution in [2.24, 2.45) is 11.7 Å². The second kappa shape index (κ2) is 7.01. The second-order valence-corrected chi connectivity index (χ2v) is 5.02. The van der Waals surface area contributed by atoms with Crippen molar-refractivity contribution in [2.75, 3.05) is 12.3 Å². The van der Waals surface area contributed by atoms with Crippen molar-refractivity contribution >= 4 is 11.6 Å². The van der Waals surface area contributed by atoms with E-state index in [0.717, 1.165) is 17.7 Å². The zero-order valence-electron chi connectivity index (χ0n) is 11.1. The van der Waals surface area contributed by atoms with Crippen LogP contribution in [0.25, 0.3) is 0 Å². The summed E-state index contributed by atoms with van der Waals surface area (Å²) in [5, 5.41) is 2.86. The fraction of sp³-hybridized carbons (Fsp3) is 0.500. The Labute approximate surface area is 109 Å². The third kappa shape index (κ3) is 5.19. The molecule has 4 nitrogen and oxygen atoms in total. The lowest BCUT2D eigenvalue weighted by atomic mass is 10.0. The average Bonchev–Trinajstić information content (AvgIpc) is 2.30. The van der Waals surface area contributed by atoms with Gasteiger partial charge in [0.25, 0.3) is 0 Å². The zero-order valence-corrected chi connectivity index (χ0v) is 11.1. The van der Waals surface area contributed by atoms with E-state index in [0.29, 0.717) is 18.9 Å². The monoisotopic (exact) mass is 249 g/mol. The molecule has 0 fully saturated rings. The number of anilines is 1. The van der Waals surface area contributed by atoms with Crippen LogP contribution in [-0.2, 0) is 11.2 Å². The average molecular weight is 249 g/mol. The zero-order chi connectivity index (χ0) is 13.5. The minimum atomic E-state index is -0.406. The third-order valence-electron chi connectivity index (χ3n) is 2.75. The van der Waals surface area contributed by atoms with Crippen LogP contribution in [0.4, 0.5) is 5.69 Å². The normalized spacial score (nSPS) is 12.4. The summed E-state index contributed by atoms with van der Waals surface area (Å²) < 4.78 is 0. The minimum absolute atomic E-state index is 0.0702. The van der Waals surface area contributed by atoms with E-state index >= 15 is 0 Å². The van der Waals surface area contributed by atoms with Crippen molar-refractivity contribution in [3.05, 3.63) is 29.8 Å². The van der Waals surface area contributed by atoms with Gasteiger partial charge in [0, 0.05) is 12.2 Å².